The molecule has 0 bridgehead atoms. The third kappa shape index (κ3) is 4.38. The molecule has 1 heterocycles. The fraction of sp³-hybridized carbons (Fsp3) is 0.333. The summed E-state index contributed by atoms with van der Waals surface area (Å²) in [7, 11) is 0. The van der Waals surface area contributed by atoms with Crippen molar-refractivity contribution in [1.29, 1.82) is 0 Å². The minimum Gasteiger partial charge on any atom is -0.475 e. The Morgan fingerprint density at radius 3 is 2.50 bits per heavy atom. The van der Waals surface area contributed by atoms with Crippen LogP contribution in [0.25, 0.3) is 0 Å². The standard InChI is InChI=1S/C15H18ClN3O/c1-11(2)20-14-7-8-17-15(19-14)18-10-13-5-3-12(9-16)4-6-13/h3-8,11H,9-10H2,1-2H3,(H,17,18,19). The monoisotopic (exact) mass is 291 g/mol. The summed E-state index contributed by atoms with van der Waals surface area (Å²) in [6.07, 6.45) is 1.78. The highest BCUT2D eigenvalue weighted by molar-refractivity contribution is 6.17. The van der Waals surface area contributed by atoms with E-state index in [2.05, 4.69) is 15.3 Å². The van der Waals surface area contributed by atoms with Crippen LogP contribution in [0.2, 0.25) is 0 Å². The first-order chi connectivity index (χ1) is 9.67. The Balaban J connectivity index is 1.95. The average Bonchev–Trinajstić information content (AvgIpc) is 2.45. The van der Waals surface area contributed by atoms with Gasteiger partial charge in [0, 0.05) is 24.7 Å². The zero-order valence-electron chi connectivity index (χ0n) is 11.6. The minimum atomic E-state index is 0.0980. The molecule has 0 atom stereocenters. The highest BCUT2D eigenvalue weighted by Gasteiger charge is 2.02. The normalized spacial score (nSPS) is 10.6. The zero-order chi connectivity index (χ0) is 14.4. The van der Waals surface area contributed by atoms with E-state index in [4.69, 9.17) is 16.3 Å². The fourth-order valence-electron chi connectivity index (χ4n) is 1.66. The Bertz CT molecular complexity index is 543. The molecule has 4 nitrogen and oxygen atoms in total. The number of alkyl halides is 1. The van der Waals surface area contributed by atoms with Crippen LogP contribution >= 0.6 is 11.6 Å². The lowest BCUT2D eigenvalue weighted by molar-refractivity contribution is 0.232. The summed E-state index contributed by atoms with van der Waals surface area (Å²) in [5, 5.41) is 3.18. The van der Waals surface area contributed by atoms with Crippen LogP contribution < -0.4 is 10.1 Å². The molecule has 5 heteroatoms. The lowest BCUT2D eigenvalue weighted by atomic mass is 10.1. The largest absolute Gasteiger partial charge is 0.475 e. The molecule has 0 radical (unpaired) electrons. The SMILES string of the molecule is CC(C)Oc1ccnc(NCc2ccc(CCl)cc2)n1. The molecule has 20 heavy (non-hydrogen) atoms. The number of anilines is 1. The summed E-state index contributed by atoms with van der Waals surface area (Å²) >= 11 is 5.76. The smallest absolute Gasteiger partial charge is 0.226 e. The minimum absolute atomic E-state index is 0.0980. The fourth-order valence-corrected chi connectivity index (χ4v) is 1.84. The van der Waals surface area contributed by atoms with Crippen molar-refractivity contribution >= 4 is 17.5 Å². The number of hydrogen-bond donors (Lipinski definition) is 1. The van der Waals surface area contributed by atoms with Gasteiger partial charge in [-0.2, -0.15) is 4.98 Å². The first-order valence-electron chi connectivity index (χ1n) is 6.54. The van der Waals surface area contributed by atoms with E-state index < -0.39 is 0 Å². The predicted octanol–water partition coefficient (Wildman–Crippen LogP) is 3.61. The second-order valence-electron chi connectivity index (χ2n) is 4.69. The first kappa shape index (κ1) is 14.6. The Labute approximate surface area is 124 Å². The molecule has 106 valence electrons. The molecule has 0 spiro atoms. The number of aromatic nitrogens is 2. The maximum Gasteiger partial charge on any atom is 0.226 e. The maximum absolute atomic E-state index is 5.76. The van der Waals surface area contributed by atoms with E-state index in [0.29, 0.717) is 24.3 Å². The average molecular weight is 292 g/mol. The molecule has 0 amide bonds. The number of rotatable bonds is 6. The first-order valence-corrected chi connectivity index (χ1v) is 7.08. The molecule has 1 aromatic carbocycles. The van der Waals surface area contributed by atoms with Crippen molar-refractivity contribution in [3.63, 3.8) is 0 Å². The van der Waals surface area contributed by atoms with E-state index in [0.717, 1.165) is 11.1 Å². The number of hydrogen-bond acceptors (Lipinski definition) is 4. The van der Waals surface area contributed by atoms with Gasteiger partial charge in [0.05, 0.1) is 6.10 Å². The Morgan fingerprint density at radius 1 is 1.15 bits per heavy atom. The van der Waals surface area contributed by atoms with Crippen LogP contribution in [0, 0.1) is 0 Å². The summed E-state index contributed by atoms with van der Waals surface area (Å²) in [5.74, 6) is 1.67. The van der Waals surface area contributed by atoms with Crippen molar-refractivity contribution in [3.8, 4) is 5.88 Å². The number of halogens is 1. The predicted molar refractivity (Wildman–Crippen MR) is 81.1 cm³/mol. The van der Waals surface area contributed by atoms with Gasteiger partial charge in [-0.25, -0.2) is 4.98 Å². The molecule has 0 saturated heterocycles. The number of nitrogens with one attached hydrogen (secondary N) is 1. The van der Waals surface area contributed by atoms with Gasteiger partial charge in [0.15, 0.2) is 0 Å². The summed E-state index contributed by atoms with van der Waals surface area (Å²) in [6.45, 7) is 4.59. The molecule has 0 aliphatic rings. The van der Waals surface area contributed by atoms with Gasteiger partial charge in [0.25, 0.3) is 0 Å². The van der Waals surface area contributed by atoms with Crippen LogP contribution in [-0.4, -0.2) is 16.1 Å². The van der Waals surface area contributed by atoms with Crippen LogP contribution in [0.1, 0.15) is 25.0 Å². The van der Waals surface area contributed by atoms with E-state index in [1.807, 2.05) is 38.1 Å². The Kier molecular flexibility index (Phi) is 5.18. The van der Waals surface area contributed by atoms with Gasteiger partial charge in [0.1, 0.15) is 0 Å². The van der Waals surface area contributed by atoms with Crippen molar-refractivity contribution < 1.29 is 4.74 Å². The molecule has 0 unspecified atom stereocenters. The van der Waals surface area contributed by atoms with Crippen molar-refractivity contribution in [2.24, 2.45) is 0 Å². The van der Waals surface area contributed by atoms with Crippen LogP contribution in [-0.2, 0) is 12.4 Å². The van der Waals surface area contributed by atoms with E-state index in [1.165, 1.54) is 0 Å². The van der Waals surface area contributed by atoms with Crippen molar-refractivity contribution in [2.45, 2.75) is 32.4 Å². The van der Waals surface area contributed by atoms with E-state index in [-0.39, 0.29) is 6.10 Å². The molecule has 0 saturated carbocycles. The zero-order valence-corrected chi connectivity index (χ0v) is 12.4. The summed E-state index contributed by atoms with van der Waals surface area (Å²) < 4.78 is 5.53. The van der Waals surface area contributed by atoms with E-state index in [9.17, 15) is 0 Å². The lowest BCUT2D eigenvalue weighted by Gasteiger charge is -2.10. The number of benzene rings is 1. The maximum atomic E-state index is 5.76. The highest BCUT2D eigenvalue weighted by Crippen LogP contribution is 2.12. The topological polar surface area (TPSA) is 47.0 Å². The molecular formula is C15H18ClN3O. The molecule has 1 aromatic heterocycles. The third-order valence-corrected chi connectivity index (χ3v) is 2.92. The van der Waals surface area contributed by atoms with Gasteiger partial charge in [-0.1, -0.05) is 24.3 Å². The van der Waals surface area contributed by atoms with Crippen LogP contribution in [0.4, 0.5) is 5.95 Å². The van der Waals surface area contributed by atoms with Crippen LogP contribution in [0.15, 0.2) is 36.5 Å². The second-order valence-corrected chi connectivity index (χ2v) is 4.96. The van der Waals surface area contributed by atoms with Crippen molar-refractivity contribution in [1.82, 2.24) is 9.97 Å². The molecule has 0 fully saturated rings. The van der Waals surface area contributed by atoms with Crippen molar-refractivity contribution in [2.75, 3.05) is 5.32 Å². The van der Waals surface area contributed by atoms with Crippen LogP contribution in [0.5, 0.6) is 5.88 Å². The van der Waals surface area contributed by atoms with Gasteiger partial charge in [-0.15, -0.1) is 11.6 Å². The van der Waals surface area contributed by atoms with Gasteiger partial charge in [-0.05, 0) is 25.0 Å². The van der Waals surface area contributed by atoms with Gasteiger partial charge < -0.3 is 10.1 Å². The lowest BCUT2D eigenvalue weighted by Crippen LogP contribution is -2.09. The Morgan fingerprint density at radius 2 is 1.85 bits per heavy atom. The van der Waals surface area contributed by atoms with Crippen LogP contribution in [0.3, 0.4) is 0 Å². The quantitative estimate of drug-likeness (QED) is 0.826. The van der Waals surface area contributed by atoms with E-state index in [1.54, 1.807) is 12.3 Å². The molecule has 2 rings (SSSR count). The summed E-state index contributed by atoms with van der Waals surface area (Å²) in [4.78, 5) is 8.47. The number of ether oxygens (including phenoxy) is 1. The molecular weight excluding hydrogens is 274 g/mol. The van der Waals surface area contributed by atoms with Gasteiger partial charge in [-0.3, -0.25) is 0 Å². The van der Waals surface area contributed by atoms with Gasteiger partial charge in [0.2, 0.25) is 11.8 Å². The molecule has 0 aliphatic heterocycles. The highest BCUT2D eigenvalue weighted by atomic mass is 35.5. The molecule has 0 aliphatic carbocycles. The third-order valence-electron chi connectivity index (χ3n) is 2.61. The Hall–Kier alpha value is -1.81. The molecule has 1 N–H and O–H groups in total. The summed E-state index contributed by atoms with van der Waals surface area (Å²) in [6, 6.07) is 9.87. The van der Waals surface area contributed by atoms with E-state index >= 15 is 0 Å². The second kappa shape index (κ2) is 7.10. The van der Waals surface area contributed by atoms with Gasteiger partial charge >= 0.3 is 0 Å². The summed E-state index contributed by atoms with van der Waals surface area (Å²) in [5.41, 5.74) is 2.26. The number of nitrogens with zero attached hydrogens (tertiary/aromatic N) is 2. The van der Waals surface area contributed by atoms with Crippen molar-refractivity contribution in [3.05, 3.63) is 47.7 Å². The molecule has 2 aromatic rings.